The van der Waals surface area contributed by atoms with Gasteiger partial charge in [0, 0.05) is 19.3 Å². The van der Waals surface area contributed by atoms with E-state index >= 15 is 0 Å². The van der Waals surface area contributed by atoms with E-state index in [-0.39, 0.29) is 17.4 Å². The number of hydrogen-bond acceptors (Lipinski definition) is 4. The van der Waals surface area contributed by atoms with Gasteiger partial charge in [-0.15, -0.1) is 0 Å². The molecule has 0 bridgehead atoms. The Hall–Kier alpha value is -3.28. The quantitative estimate of drug-likeness (QED) is 0.773. The molecule has 1 aromatic heterocycles. The lowest BCUT2D eigenvalue weighted by Crippen LogP contribution is -2.27. The molecule has 1 N–H and O–H groups in total. The SMILES string of the molecule is CN(Cc1ccccc1)C(=O)c1cnc(Nc2cccc(F)c2)cn1. The number of carbonyl (C=O) groups excluding carboxylic acids is 1. The van der Waals surface area contributed by atoms with E-state index in [1.807, 2.05) is 30.3 Å². The predicted molar refractivity (Wildman–Crippen MR) is 94.0 cm³/mol. The first-order valence-electron chi connectivity index (χ1n) is 7.76. The zero-order valence-electron chi connectivity index (χ0n) is 13.7. The molecule has 0 saturated carbocycles. The monoisotopic (exact) mass is 336 g/mol. The minimum absolute atomic E-state index is 0.214. The molecule has 0 unspecified atom stereocenters. The maximum atomic E-state index is 13.2. The third kappa shape index (κ3) is 4.38. The topological polar surface area (TPSA) is 58.1 Å². The van der Waals surface area contributed by atoms with Crippen molar-refractivity contribution in [3.63, 3.8) is 0 Å². The van der Waals surface area contributed by atoms with Gasteiger partial charge in [-0.25, -0.2) is 14.4 Å². The molecule has 126 valence electrons. The van der Waals surface area contributed by atoms with Crippen molar-refractivity contribution >= 4 is 17.4 Å². The molecule has 1 amide bonds. The smallest absolute Gasteiger partial charge is 0.274 e. The van der Waals surface area contributed by atoms with Crippen LogP contribution in [0.4, 0.5) is 15.9 Å². The Balaban J connectivity index is 1.66. The molecule has 0 atom stereocenters. The van der Waals surface area contributed by atoms with Crippen molar-refractivity contribution in [3.8, 4) is 0 Å². The van der Waals surface area contributed by atoms with Crippen LogP contribution in [-0.2, 0) is 6.54 Å². The molecule has 3 rings (SSSR count). The summed E-state index contributed by atoms with van der Waals surface area (Å²) in [5, 5.41) is 2.94. The highest BCUT2D eigenvalue weighted by Crippen LogP contribution is 2.15. The molecule has 6 heteroatoms. The fraction of sp³-hybridized carbons (Fsp3) is 0.105. The normalized spacial score (nSPS) is 10.3. The molecular formula is C19H17FN4O. The first-order chi connectivity index (χ1) is 12.1. The van der Waals surface area contributed by atoms with Crippen LogP contribution in [0, 0.1) is 5.82 Å². The summed E-state index contributed by atoms with van der Waals surface area (Å²) in [7, 11) is 1.72. The zero-order valence-corrected chi connectivity index (χ0v) is 13.7. The molecule has 0 spiro atoms. The van der Waals surface area contributed by atoms with Crippen LogP contribution in [0.25, 0.3) is 0 Å². The van der Waals surface area contributed by atoms with Crippen LogP contribution in [0.15, 0.2) is 67.0 Å². The molecule has 0 fully saturated rings. The third-order valence-electron chi connectivity index (χ3n) is 3.58. The number of hydrogen-bond donors (Lipinski definition) is 1. The second-order valence-electron chi connectivity index (χ2n) is 5.57. The van der Waals surface area contributed by atoms with Gasteiger partial charge in [0.25, 0.3) is 5.91 Å². The van der Waals surface area contributed by atoms with Crippen molar-refractivity contribution < 1.29 is 9.18 Å². The molecule has 0 aliphatic heterocycles. The van der Waals surface area contributed by atoms with E-state index in [1.165, 1.54) is 24.5 Å². The van der Waals surface area contributed by atoms with Crippen LogP contribution < -0.4 is 5.32 Å². The summed E-state index contributed by atoms with van der Waals surface area (Å²) in [6, 6.07) is 15.7. The van der Waals surface area contributed by atoms with E-state index in [2.05, 4.69) is 15.3 Å². The molecule has 0 aliphatic rings. The Labute approximate surface area is 145 Å². The van der Waals surface area contributed by atoms with Gasteiger partial charge in [0.1, 0.15) is 17.3 Å². The average molecular weight is 336 g/mol. The van der Waals surface area contributed by atoms with Crippen molar-refractivity contribution in [2.24, 2.45) is 0 Å². The molecule has 5 nitrogen and oxygen atoms in total. The summed E-state index contributed by atoms with van der Waals surface area (Å²) in [6.07, 6.45) is 2.86. The van der Waals surface area contributed by atoms with Crippen LogP contribution in [0.1, 0.15) is 16.1 Å². The van der Waals surface area contributed by atoms with Crippen molar-refractivity contribution in [2.75, 3.05) is 12.4 Å². The van der Waals surface area contributed by atoms with Gasteiger partial charge in [0.05, 0.1) is 12.4 Å². The van der Waals surface area contributed by atoms with E-state index in [0.29, 0.717) is 18.1 Å². The highest BCUT2D eigenvalue weighted by Gasteiger charge is 2.14. The number of benzene rings is 2. The van der Waals surface area contributed by atoms with Crippen LogP contribution in [0.2, 0.25) is 0 Å². The minimum Gasteiger partial charge on any atom is -0.339 e. The van der Waals surface area contributed by atoms with Gasteiger partial charge >= 0.3 is 0 Å². The standard InChI is InChI=1S/C19H17FN4O/c1-24(13-14-6-3-2-4-7-14)19(25)17-11-22-18(12-21-17)23-16-9-5-8-15(20)10-16/h2-12H,13H2,1H3,(H,22,23). The summed E-state index contributed by atoms with van der Waals surface area (Å²) in [6.45, 7) is 0.491. The van der Waals surface area contributed by atoms with Crippen molar-refractivity contribution in [1.29, 1.82) is 0 Å². The number of nitrogens with one attached hydrogen (secondary N) is 1. The highest BCUT2D eigenvalue weighted by molar-refractivity contribution is 5.91. The number of amides is 1. The van der Waals surface area contributed by atoms with Crippen LogP contribution in [-0.4, -0.2) is 27.8 Å². The van der Waals surface area contributed by atoms with Crippen molar-refractivity contribution in [2.45, 2.75) is 6.54 Å². The Morgan fingerprint density at radius 3 is 2.56 bits per heavy atom. The first-order valence-corrected chi connectivity index (χ1v) is 7.76. The number of halogens is 1. The second-order valence-corrected chi connectivity index (χ2v) is 5.57. The molecular weight excluding hydrogens is 319 g/mol. The molecule has 0 saturated heterocycles. The fourth-order valence-corrected chi connectivity index (χ4v) is 2.34. The minimum atomic E-state index is -0.340. The summed E-state index contributed by atoms with van der Waals surface area (Å²) in [4.78, 5) is 22.3. The molecule has 3 aromatic rings. The Morgan fingerprint density at radius 2 is 1.88 bits per heavy atom. The highest BCUT2D eigenvalue weighted by atomic mass is 19.1. The van der Waals surface area contributed by atoms with Gasteiger partial charge in [-0.3, -0.25) is 4.79 Å². The number of nitrogens with zero attached hydrogens (tertiary/aromatic N) is 3. The van der Waals surface area contributed by atoms with E-state index in [1.54, 1.807) is 24.1 Å². The Kier molecular flexibility index (Phi) is 4.99. The predicted octanol–water partition coefficient (Wildman–Crippen LogP) is 3.63. The van der Waals surface area contributed by atoms with E-state index in [9.17, 15) is 9.18 Å². The summed E-state index contributed by atoms with van der Waals surface area (Å²) >= 11 is 0. The van der Waals surface area contributed by atoms with E-state index in [4.69, 9.17) is 0 Å². The fourth-order valence-electron chi connectivity index (χ4n) is 2.34. The molecule has 25 heavy (non-hydrogen) atoms. The molecule has 0 radical (unpaired) electrons. The van der Waals surface area contributed by atoms with Crippen LogP contribution in [0.3, 0.4) is 0 Å². The van der Waals surface area contributed by atoms with Crippen molar-refractivity contribution in [3.05, 3.63) is 84.1 Å². The lowest BCUT2D eigenvalue weighted by Gasteiger charge is -2.16. The average Bonchev–Trinajstić information content (AvgIpc) is 2.62. The Morgan fingerprint density at radius 1 is 1.08 bits per heavy atom. The summed E-state index contributed by atoms with van der Waals surface area (Å²) < 4.78 is 13.2. The maximum Gasteiger partial charge on any atom is 0.274 e. The van der Waals surface area contributed by atoms with Gasteiger partial charge in [-0.2, -0.15) is 0 Å². The summed E-state index contributed by atoms with van der Waals surface area (Å²) in [5.41, 5.74) is 1.86. The van der Waals surface area contributed by atoms with Gasteiger partial charge in [0.15, 0.2) is 0 Å². The van der Waals surface area contributed by atoms with E-state index in [0.717, 1.165) is 5.56 Å². The first kappa shape index (κ1) is 16.6. The van der Waals surface area contributed by atoms with Gasteiger partial charge in [-0.1, -0.05) is 36.4 Å². The van der Waals surface area contributed by atoms with Crippen LogP contribution in [0.5, 0.6) is 0 Å². The molecule has 0 aliphatic carbocycles. The summed E-state index contributed by atoms with van der Waals surface area (Å²) in [5.74, 6) is -0.117. The largest absolute Gasteiger partial charge is 0.339 e. The van der Waals surface area contributed by atoms with Gasteiger partial charge in [-0.05, 0) is 23.8 Å². The maximum absolute atomic E-state index is 13.2. The molecule has 2 aromatic carbocycles. The van der Waals surface area contributed by atoms with Crippen molar-refractivity contribution in [1.82, 2.24) is 14.9 Å². The number of rotatable bonds is 5. The van der Waals surface area contributed by atoms with E-state index < -0.39 is 0 Å². The third-order valence-corrected chi connectivity index (χ3v) is 3.58. The Bertz CT molecular complexity index is 853. The van der Waals surface area contributed by atoms with Gasteiger partial charge in [0.2, 0.25) is 0 Å². The lowest BCUT2D eigenvalue weighted by molar-refractivity contribution is 0.0779. The number of aromatic nitrogens is 2. The number of anilines is 2. The molecule has 1 heterocycles. The van der Waals surface area contributed by atoms with Gasteiger partial charge < -0.3 is 10.2 Å². The number of carbonyl (C=O) groups is 1. The zero-order chi connectivity index (χ0) is 17.6. The lowest BCUT2D eigenvalue weighted by atomic mass is 10.2. The second kappa shape index (κ2) is 7.53. The van der Waals surface area contributed by atoms with Crippen LogP contribution >= 0.6 is 0 Å².